The number of pyridine rings is 1. The lowest BCUT2D eigenvalue weighted by molar-refractivity contribution is 0.299. The number of aromatic nitrogens is 1. The highest BCUT2D eigenvalue weighted by atomic mass is 79.9. The summed E-state index contributed by atoms with van der Waals surface area (Å²) in [5, 5.41) is 0. The van der Waals surface area contributed by atoms with Crippen LogP contribution in [0.2, 0.25) is 0 Å². The Balaban J connectivity index is 2.88. The Hall–Kier alpha value is -0.660. The second-order valence-corrected chi connectivity index (χ2v) is 5.35. The fraction of sp³-hybridized carbons (Fsp3) is 0.375. The van der Waals surface area contributed by atoms with E-state index in [-0.39, 0.29) is 6.61 Å². The predicted octanol–water partition coefficient (Wildman–Crippen LogP) is 1.33. The van der Waals surface area contributed by atoms with Gasteiger partial charge < -0.3 is 4.74 Å². The number of rotatable bonds is 4. The molecule has 0 amide bonds. The molecule has 0 fully saturated rings. The largest absolute Gasteiger partial charge is 0.481 e. The van der Waals surface area contributed by atoms with Gasteiger partial charge in [-0.1, -0.05) is 0 Å². The second-order valence-electron chi connectivity index (χ2n) is 2.79. The van der Waals surface area contributed by atoms with E-state index in [0.717, 1.165) is 10.7 Å². The number of hydrogen-bond donors (Lipinski definition) is 0. The van der Waals surface area contributed by atoms with Crippen molar-refractivity contribution in [1.29, 1.82) is 0 Å². The Morgan fingerprint density at radius 2 is 2.20 bits per heavy atom. The number of halogens is 1. The minimum atomic E-state index is -3.46. The van der Waals surface area contributed by atoms with Crippen LogP contribution in [0.1, 0.15) is 5.56 Å². The number of nitrogens with zero attached hydrogens (tertiary/aromatic N) is 1. The van der Waals surface area contributed by atoms with Crippen molar-refractivity contribution in [2.45, 2.75) is 6.61 Å². The molecule has 0 aliphatic heterocycles. The summed E-state index contributed by atoms with van der Waals surface area (Å²) in [6, 6.07) is 1.69. The topological polar surface area (TPSA) is 65.5 Å². The smallest absolute Gasteiger partial charge is 0.264 e. The van der Waals surface area contributed by atoms with E-state index in [9.17, 15) is 8.42 Å². The lowest BCUT2D eigenvalue weighted by Gasteiger charge is -2.07. The molecule has 0 saturated heterocycles. The molecule has 7 heteroatoms. The molecule has 0 spiro atoms. The Morgan fingerprint density at radius 1 is 1.53 bits per heavy atom. The monoisotopic (exact) mass is 295 g/mol. The molecule has 1 aromatic rings. The van der Waals surface area contributed by atoms with E-state index in [1.54, 1.807) is 12.3 Å². The summed E-state index contributed by atoms with van der Waals surface area (Å²) >= 11 is 3.22. The summed E-state index contributed by atoms with van der Waals surface area (Å²) < 4.78 is 31.9. The van der Waals surface area contributed by atoms with Crippen LogP contribution in [-0.2, 0) is 20.9 Å². The molecule has 0 aliphatic rings. The molecule has 0 atom stereocenters. The third-order valence-electron chi connectivity index (χ3n) is 1.51. The average Bonchev–Trinajstić information content (AvgIpc) is 2.14. The van der Waals surface area contributed by atoms with Crippen LogP contribution in [0.3, 0.4) is 0 Å². The van der Waals surface area contributed by atoms with Crippen molar-refractivity contribution >= 4 is 26.0 Å². The van der Waals surface area contributed by atoms with Crippen molar-refractivity contribution in [2.75, 3.05) is 13.4 Å². The number of hydrogen-bond acceptors (Lipinski definition) is 5. The van der Waals surface area contributed by atoms with E-state index in [2.05, 4.69) is 25.1 Å². The molecule has 1 aromatic heterocycles. The second kappa shape index (κ2) is 4.91. The molecular weight excluding hydrogens is 286 g/mol. The molecule has 1 heterocycles. The van der Waals surface area contributed by atoms with Crippen molar-refractivity contribution in [3.63, 3.8) is 0 Å². The van der Waals surface area contributed by atoms with Gasteiger partial charge in [0.15, 0.2) is 0 Å². The fourth-order valence-electron chi connectivity index (χ4n) is 0.926. The predicted molar refractivity (Wildman–Crippen MR) is 58.1 cm³/mol. The van der Waals surface area contributed by atoms with E-state index < -0.39 is 10.1 Å². The van der Waals surface area contributed by atoms with Gasteiger partial charge in [-0.3, -0.25) is 4.18 Å². The van der Waals surface area contributed by atoms with Gasteiger partial charge >= 0.3 is 0 Å². The standard InChI is InChI=1S/C8H10BrNO4S/c1-13-8-6(3-7(9)4-10-8)5-14-15(2,11)12/h3-4H,5H2,1-2H3. The maximum Gasteiger partial charge on any atom is 0.264 e. The van der Waals surface area contributed by atoms with E-state index in [4.69, 9.17) is 4.74 Å². The van der Waals surface area contributed by atoms with E-state index in [1.807, 2.05) is 0 Å². The Morgan fingerprint density at radius 3 is 2.73 bits per heavy atom. The zero-order valence-electron chi connectivity index (χ0n) is 8.23. The van der Waals surface area contributed by atoms with Gasteiger partial charge in [0.2, 0.25) is 5.88 Å². The SMILES string of the molecule is COc1ncc(Br)cc1COS(C)(=O)=O. The summed E-state index contributed by atoms with van der Waals surface area (Å²) in [5.74, 6) is 0.349. The summed E-state index contributed by atoms with van der Waals surface area (Å²) in [6.45, 7) is -0.0888. The summed E-state index contributed by atoms with van der Waals surface area (Å²) in [4.78, 5) is 3.95. The Kier molecular flexibility index (Phi) is 4.06. The zero-order valence-corrected chi connectivity index (χ0v) is 10.6. The van der Waals surface area contributed by atoms with Crippen LogP contribution in [0.25, 0.3) is 0 Å². The van der Waals surface area contributed by atoms with Crippen molar-refractivity contribution in [2.24, 2.45) is 0 Å². The first-order valence-electron chi connectivity index (χ1n) is 3.95. The van der Waals surface area contributed by atoms with Crippen LogP contribution in [0, 0.1) is 0 Å². The lowest BCUT2D eigenvalue weighted by atomic mass is 10.3. The summed E-state index contributed by atoms with van der Waals surface area (Å²) in [7, 11) is -2.00. The van der Waals surface area contributed by atoms with Gasteiger partial charge in [-0.05, 0) is 22.0 Å². The molecule has 0 N–H and O–H groups in total. The van der Waals surface area contributed by atoms with E-state index >= 15 is 0 Å². The molecule has 15 heavy (non-hydrogen) atoms. The fourth-order valence-corrected chi connectivity index (χ4v) is 1.65. The van der Waals surface area contributed by atoms with Crippen LogP contribution < -0.4 is 4.74 Å². The molecule has 0 aliphatic carbocycles. The van der Waals surface area contributed by atoms with Gasteiger partial charge in [-0.25, -0.2) is 4.98 Å². The molecule has 0 saturated carbocycles. The molecule has 84 valence electrons. The van der Waals surface area contributed by atoms with E-state index in [0.29, 0.717) is 11.4 Å². The Labute approximate surface area is 96.7 Å². The van der Waals surface area contributed by atoms with Gasteiger partial charge in [-0.15, -0.1) is 0 Å². The first kappa shape index (κ1) is 12.4. The van der Waals surface area contributed by atoms with Gasteiger partial charge in [0.25, 0.3) is 10.1 Å². The van der Waals surface area contributed by atoms with Crippen molar-refractivity contribution in [3.8, 4) is 5.88 Å². The molecule has 1 rings (SSSR count). The van der Waals surface area contributed by atoms with Gasteiger partial charge in [-0.2, -0.15) is 8.42 Å². The van der Waals surface area contributed by atoms with Gasteiger partial charge in [0.1, 0.15) is 0 Å². The normalized spacial score (nSPS) is 11.4. The van der Waals surface area contributed by atoms with Gasteiger partial charge in [0, 0.05) is 16.2 Å². The average molecular weight is 296 g/mol. The number of ether oxygens (including phenoxy) is 1. The lowest BCUT2D eigenvalue weighted by Crippen LogP contribution is -2.04. The van der Waals surface area contributed by atoms with Crippen LogP contribution >= 0.6 is 15.9 Å². The summed E-state index contributed by atoms with van der Waals surface area (Å²) in [6.07, 6.45) is 2.55. The van der Waals surface area contributed by atoms with Crippen molar-refractivity contribution < 1.29 is 17.3 Å². The highest BCUT2D eigenvalue weighted by Crippen LogP contribution is 2.20. The maximum atomic E-state index is 10.8. The van der Waals surface area contributed by atoms with Crippen LogP contribution in [-0.4, -0.2) is 26.8 Å². The quantitative estimate of drug-likeness (QED) is 0.784. The molecule has 0 radical (unpaired) electrons. The minimum absolute atomic E-state index is 0.0888. The Bertz CT molecular complexity index is 446. The first-order chi connectivity index (χ1) is 6.92. The van der Waals surface area contributed by atoms with Crippen LogP contribution in [0.4, 0.5) is 0 Å². The van der Waals surface area contributed by atoms with E-state index in [1.165, 1.54) is 7.11 Å². The third-order valence-corrected chi connectivity index (χ3v) is 2.49. The van der Waals surface area contributed by atoms with Crippen molar-refractivity contribution in [3.05, 3.63) is 22.3 Å². The third kappa shape index (κ3) is 4.15. The highest BCUT2D eigenvalue weighted by molar-refractivity contribution is 9.10. The zero-order chi connectivity index (χ0) is 11.5. The molecule has 0 aromatic carbocycles. The summed E-state index contributed by atoms with van der Waals surface area (Å²) in [5.41, 5.74) is 0.567. The van der Waals surface area contributed by atoms with Gasteiger partial charge in [0.05, 0.1) is 20.0 Å². The highest BCUT2D eigenvalue weighted by Gasteiger charge is 2.09. The molecule has 5 nitrogen and oxygen atoms in total. The first-order valence-corrected chi connectivity index (χ1v) is 6.56. The molecular formula is C8H10BrNO4S. The van der Waals surface area contributed by atoms with Crippen molar-refractivity contribution in [1.82, 2.24) is 4.98 Å². The van der Waals surface area contributed by atoms with Crippen LogP contribution in [0.5, 0.6) is 5.88 Å². The molecule has 0 unspecified atom stereocenters. The molecule has 0 bridgehead atoms. The maximum absolute atomic E-state index is 10.8. The minimum Gasteiger partial charge on any atom is -0.481 e. The van der Waals surface area contributed by atoms with Crippen LogP contribution in [0.15, 0.2) is 16.7 Å². The number of methoxy groups -OCH3 is 1.